The first kappa shape index (κ1) is 21.7. The molecule has 1 atom stereocenters. The van der Waals surface area contributed by atoms with E-state index < -0.39 is 17.7 Å². The number of hydrogen-bond donors (Lipinski definition) is 1. The summed E-state index contributed by atoms with van der Waals surface area (Å²) in [5, 5.41) is 13.2. The third-order valence-corrected chi connectivity index (χ3v) is 6.16. The highest BCUT2D eigenvalue weighted by molar-refractivity contribution is 6.46. The highest BCUT2D eigenvalue weighted by atomic mass is 16.3. The van der Waals surface area contributed by atoms with Gasteiger partial charge in [0.1, 0.15) is 5.76 Å². The lowest BCUT2D eigenvalue weighted by atomic mass is 9.94. The van der Waals surface area contributed by atoms with Crippen molar-refractivity contribution >= 4 is 28.2 Å². The number of likely N-dealkylation sites (tertiary alicyclic amines) is 1. The van der Waals surface area contributed by atoms with Crippen molar-refractivity contribution in [2.24, 2.45) is 0 Å². The number of carbonyl (C=O) groups excluding carboxylic acids is 2. The van der Waals surface area contributed by atoms with Crippen molar-refractivity contribution in [2.75, 3.05) is 26.2 Å². The topological polar surface area (TPSA) is 73.7 Å². The fourth-order valence-electron chi connectivity index (χ4n) is 4.37. The van der Waals surface area contributed by atoms with Crippen LogP contribution >= 0.6 is 0 Å². The molecule has 1 fully saturated rings. The third kappa shape index (κ3) is 3.89. The summed E-state index contributed by atoms with van der Waals surface area (Å²) in [5.74, 6) is -1.38. The second kappa shape index (κ2) is 9.32. The minimum Gasteiger partial charge on any atom is -0.507 e. The Kier molecular flexibility index (Phi) is 6.32. The molecule has 32 heavy (non-hydrogen) atoms. The number of Topliss-reactive ketones (excluding diaryl/α,β-unsaturated/α-hetero) is 1. The lowest BCUT2D eigenvalue weighted by molar-refractivity contribution is -0.140. The number of fused-ring (bicyclic) bond motifs is 1. The van der Waals surface area contributed by atoms with Crippen molar-refractivity contribution in [3.8, 4) is 0 Å². The van der Waals surface area contributed by atoms with E-state index in [0.717, 1.165) is 29.4 Å². The molecule has 4 rings (SSSR count). The highest BCUT2D eigenvalue weighted by Gasteiger charge is 2.46. The Labute approximate surface area is 187 Å². The smallest absolute Gasteiger partial charge is 0.295 e. The maximum atomic E-state index is 13.2. The number of amides is 1. The second-order valence-electron chi connectivity index (χ2n) is 7.83. The van der Waals surface area contributed by atoms with Crippen molar-refractivity contribution in [3.63, 3.8) is 0 Å². The average molecular weight is 430 g/mol. The zero-order valence-electron chi connectivity index (χ0n) is 18.4. The number of aromatic nitrogens is 1. The Balaban J connectivity index is 1.85. The van der Waals surface area contributed by atoms with Crippen LogP contribution in [0.25, 0.3) is 16.5 Å². The molecule has 0 bridgehead atoms. The van der Waals surface area contributed by atoms with Crippen LogP contribution in [0.2, 0.25) is 0 Å². The fourth-order valence-corrected chi connectivity index (χ4v) is 4.37. The van der Waals surface area contributed by atoms with Crippen molar-refractivity contribution < 1.29 is 14.7 Å². The van der Waals surface area contributed by atoms with Gasteiger partial charge in [-0.05, 0) is 41.6 Å². The Hall–Kier alpha value is -3.51. The number of rotatable bonds is 7. The van der Waals surface area contributed by atoms with Gasteiger partial charge >= 0.3 is 0 Å². The van der Waals surface area contributed by atoms with E-state index in [0.29, 0.717) is 18.7 Å². The predicted octanol–water partition coefficient (Wildman–Crippen LogP) is 4.00. The first-order chi connectivity index (χ1) is 15.6. The van der Waals surface area contributed by atoms with Gasteiger partial charge in [0.15, 0.2) is 0 Å². The van der Waals surface area contributed by atoms with Gasteiger partial charge in [0.05, 0.1) is 11.6 Å². The monoisotopic (exact) mass is 429 g/mol. The molecule has 1 aliphatic rings. The van der Waals surface area contributed by atoms with Gasteiger partial charge in [-0.3, -0.25) is 14.6 Å². The first-order valence-corrected chi connectivity index (χ1v) is 11.0. The van der Waals surface area contributed by atoms with Crippen molar-refractivity contribution in [1.82, 2.24) is 14.8 Å². The molecule has 6 nitrogen and oxygen atoms in total. The van der Waals surface area contributed by atoms with Gasteiger partial charge in [0.25, 0.3) is 11.7 Å². The SMILES string of the molecule is CCN(CC)CCN1C(=O)C(=O)/C(=C(\O)c2cccc3ccccc23)C1c1ccncc1. The zero-order valence-corrected chi connectivity index (χ0v) is 18.4. The summed E-state index contributed by atoms with van der Waals surface area (Å²) in [4.78, 5) is 34.1. The summed E-state index contributed by atoms with van der Waals surface area (Å²) in [6.45, 7) is 6.89. The van der Waals surface area contributed by atoms with E-state index in [1.807, 2.05) is 36.4 Å². The summed E-state index contributed by atoms with van der Waals surface area (Å²) in [5.41, 5.74) is 1.42. The molecule has 1 N–H and O–H groups in total. The highest BCUT2D eigenvalue weighted by Crippen LogP contribution is 2.40. The quantitative estimate of drug-likeness (QED) is 0.349. The molecule has 2 aromatic carbocycles. The van der Waals surface area contributed by atoms with E-state index in [4.69, 9.17) is 0 Å². The average Bonchev–Trinajstić information content (AvgIpc) is 3.09. The Morgan fingerprint density at radius 1 is 1.00 bits per heavy atom. The molecule has 164 valence electrons. The van der Waals surface area contributed by atoms with Crippen molar-refractivity contribution in [3.05, 3.63) is 83.7 Å². The normalized spacial score (nSPS) is 18.1. The van der Waals surface area contributed by atoms with E-state index in [1.54, 1.807) is 35.5 Å². The van der Waals surface area contributed by atoms with Crippen LogP contribution in [-0.2, 0) is 9.59 Å². The fraction of sp³-hybridized carbons (Fsp3) is 0.269. The minimum atomic E-state index is -0.660. The predicted molar refractivity (Wildman–Crippen MR) is 125 cm³/mol. The summed E-state index contributed by atoms with van der Waals surface area (Å²) < 4.78 is 0. The van der Waals surface area contributed by atoms with E-state index in [2.05, 4.69) is 23.7 Å². The molecule has 2 heterocycles. The van der Waals surface area contributed by atoms with Crippen molar-refractivity contribution in [2.45, 2.75) is 19.9 Å². The van der Waals surface area contributed by atoms with Gasteiger partial charge < -0.3 is 14.9 Å². The lowest BCUT2D eigenvalue weighted by Crippen LogP contribution is -2.38. The minimum absolute atomic E-state index is 0.122. The molecule has 0 saturated carbocycles. The molecule has 1 aliphatic heterocycles. The van der Waals surface area contributed by atoms with Crippen LogP contribution in [0.5, 0.6) is 0 Å². The van der Waals surface area contributed by atoms with E-state index >= 15 is 0 Å². The van der Waals surface area contributed by atoms with Crippen LogP contribution < -0.4 is 0 Å². The molecule has 1 aromatic heterocycles. The molecule has 6 heteroatoms. The van der Waals surface area contributed by atoms with Gasteiger partial charge in [0, 0.05) is 31.0 Å². The van der Waals surface area contributed by atoms with Crippen LogP contribution in [-0.4, -0.2) is 57.8 Å². The van der Waals surface area contributed by atoms with Crippen LogP contribution in [0.4, 0.5) is 0 Å². The Morgan fingerprint density at radius 3 is 2.41 bits per heavy atom. The lowest BCUT2D eigenvalue weighted by Gasteiger charge is -2.28. The molecule has 0 radical (unpaired) electrons. The Morgan fingerprint density at radius 2 is 1.69 bits per heavy atom. The molecule has 3 aromatic rings. The molecule has 1 unspecified atom stereocenters. The van der Waals surface area contributed by atoms with Gasteiger partial charge in [-0.15, -0.1) is 0 Å². The number of aliphatic hydroxyl groups is 1. The number of nitrogens with zero attached hydrogens (tertiary/aromatic N) is 3. The summed E-state index contributed by atoms with van der Waals surface area (Å²) >= 11 is 0. The maximum absolute atomic E-state index is 13.2. The molecule has 1 saturated heterocycles. The van der Waals surface area contributed by atoms with Crippen LogP contribution in [0.3, 0.4) is 0 Å². The zero-order chi connectivity index (χ0) is 22.7. The standard InChI is InChI=1S/C26H27N3O3/c1-3-28(4-2)16-17-29-23(19-12-14-27-15-13-19)22(25(31)26(29)32)24(30)21-11-7-9-18-8-5-6-10-20(18)21/h5-15,23,30H,3-4,16-17H2,1-2H3/b24-22-. The van der Waals surface area contributed by atoms with Gasteiger partial charge in [-0.1, -0.05) is 56.3 Å². The van der Waals surface area contributed by atoms with E-state index in [-0.39, 0.29) is 11.3 Å². The number of hydrogen-bond acceptors (Lipinski definition) is 5. The number of likely N-dealkylation sites (N-methyl/N-ethyl adjacent to an activating group) is 1. The molecular weight excluding hydrogens is 402 g/mol. The largest absolute Gasteiger partial charge is 0.507 e. The van der Waals surface area contributed by atoms with Gasteiger partial charge in [0.2, 0.25) is 0 Å². The van der Waals surface area contributed by atoms with Crippen LogP contribution in [0.15, 0.2) is 72.6 Å². The number of benzene rings is 2. The summed E-state index contributed by atoms with van der Waals surface area (Å²) in [6, 6.07) is 16.2. The summed E-state index contributed by atoms with van der Waals surface area (Å²) in [7, 11) is 0. The number of pyridine rings is 1. The number of carbonyl (C=O) groups is 2. The van der Waals surface area contributed by atoms with E-state index in [1.165, 1.54) is 0 Å². The number of ketones is 1. The van der Waals surface area contributed by atoms with Gasteiger partial charge in [-0.2, -0.15) is 0 Å². The second-order valence-corrected chi connectivity index (χ2v) is 7.83. The van der Waals surface area contributed by atoms with Crippen molar-refractivity contribution in [1.29, 1.82) is 0 Å². The summed E-state index contributed by atoms with van der Waals surface area (Å²) in [6.07, 6.45) is 3.27. The van der Waals surface area contributed by atoms with Crippen LogP contribution in [0.1, 0.15) is 31.0 Å². The van der Waals surface area contributed by atoms with E-state index in [9.17, 15) is 14.7 Å². The third-order valence-electron chi connectivity index (χ3n) is 6.16. The molecule has 0 aliphatic carbocycles. The number of aliphatic hydroxyl groups excluding tert-OH is 1. The first-order valence-electron chi connectivity index (χ1n) is 11.0. The molecule has 1 amide bonds. The Bertz CT molecular complexity index is 1160. The van der Waals surface area contributed by atoms with Gasteiger partial charge in [-0.25, -0.2) is 0 Å². The molecular formula is C26H27N3O3. The van der Waals surface area contributed by atoms with Crippen LogP contribution in [0, 0.1) is 0 Å². The maximum Gasteiger partial charge on any atom is 0.295 e. The molecule has 0 spiro atoms.